The van der Waals surface area contributed by atoms with E-state index in [9.17, 15) is 5.26 Å². The van der Waals surface area contributed by atoms with Gasteiger partial charge in [-0.2, -0.15) is 5.26 Å². The number of unbranched alkanes of at least 4 members (excludes halogenated alkanes) is 1. The van der Waals surface area contributed by atoms with Gasteiger partial charge in [0.1, 0.15) is 11.9 Å². The summed E-state index contributed by atoms with van der Waals surface area (Å²) in [6.07, 6.45) is 7.42. The van der Waals surface area contributed by atoms with Crippen LogP contribution in [0.2, 0.25) is 5.02 Å². The fourth-order valence-electron chi connectivity index (χ4n) is 4.67. The highest BCUT2D eigenvalue weighted by molar-refractivity contribution is 6.31. The molecule has 1 saturated heterocycles. The summed E-state index contributed by atoms with van der Waals surface area (Å²) >= 11 is 6.54. The maximum Gasteiger partial charge on any atom is 0.117 e. The summed E-state index contributed by atoms with van der Waals surface area (Å²) < 4.78 is 0. The van der Waals surface area contributed by atoms with Gasteiger partial charge in [-0.05, 0) is 61.4 Å². The molecule has 3 aliphatic rings. The van der Waals surface area contributed by atoms with Crippen LogP contribution in [0, 0.1) is 18.3 Å². The molecule has 1 saturated carbocycles. The van der Waals surface area contributed by atoms with E-state index >= 15 is 0 Å². The van der Waals surface area contributed by atoms with Gasteiger partial charge in [-0.15, -0.1) is 0 Å². The Hall–Kier alpha value is -2.22. The molecule has 4 rings (SSSR count). The second-order valence-electron chi connectivity index (χ2n) is 7.96. The third kappa shape index (κ3) is 3.58. The van der Waals surface area contributed by atoms with Gasteiger partial charge in [0.05, 0.1) is 17.0 Å². The van der Waals surface area contributed by atoms with Crippen molar-refractivity contribution >= 4 is 17.3 Å². The molecule has 0 spiro atoms. The number of piperazine rings is 1. The Balaban J connectivity index is 1.97. The van der Waals surface area contributed by atoms with E-state index in [1.165, 1.54) is 17.0 Å². The number of hydrogen-bond acceptors (Lipinski definition) is 4. The van der Waals surface area contributed by atoms with Crippen LogP contribution in [0.1, 0.15) is 44.6 Å². The zero-order valence-corrected chi connectivity index (χ0v) is 18.1. The van der Waals surface area contributed by atoms with E-state index in [2.05, 4.69) is 47.2 Å². The SMILES string of the molecule is CCC/C=C1\C(C#N)=C2CCCC2=C(N2CCNCC2)N1c1cccc(Cl)c1C. The fraction of sp³-hybridized carbons (Fsp3) is 0.458. The van der Waals surface area contributed by atoms with Crippen LogP contribution in [0.3, 0.4) is 0 Å². The van der Waals surface area contributed by atoms with Crippen molar-refractivity contribution in [1.29, 1.82) is 5.26 Å². The van der Waals surface area contributed by atoms with Gasteiger partial charge in [-0.1, -0.05) is 37.1 Å². The molecule has 2 fully saturated rings. The molecule has 0 aromatic heterocycles. The second-order valence-corrected chi connectivity index (χ2v) is 8.36. The lowest BCUT2D eigenvalue weighted by molar-refractivity contribution is 0.290. The molecule has 0 atom stereocenters. The first-order valence-corrected chi connectivity index (χ1v) is 11.1. The zero-order chi connectivity index (χ0) is 20.4. The number of benzene rings is 1. The fourth-order valence-corrected chi connectivity index (χ4v) is 4.84. The van der Waals surface area contributed by atoms with Crippen LogP contribution >= 0.6 is 11.6 Å². The number of nitrogens with zero attached hydrogens (tertiary/aromatic N) is 3. The first kappa shape index (κ1) is 20.1. The minimum atomic E-state index is 0.765. The lowest BCUT2D eigenvalue weighted by atomic mass is 9.93. The van der Waals surface area contributed by atoms with E-state index in [0.29, 0.717) is 0 Å². The second kappa shape index (κ2) is 8.65. The summed E-state index contributed by atoms with van der Waals surface area (Å²) in [6.45, 7) is 8.18. The summed E-state index contributed by atoms with van der Waals surface area (Å²) in [5.74, 6) is 1.27. The molecule has 1 aromatic carbocycles. The number of halogens is 1. The predicted molar refractivity (Wildman–Crippen MR) is 120 cm³/mol. The maximum absolute atomic E-state index is 10.1. The highest BCUT2D eigenvalue weighted by Gasteiger charge is 2.37. The van der Waals surface area contributed by atoms with E-state index in [1.54, 1.807) is 0 Å². The van der Waals surface area contributed by atoms with Crippen molar-refractivity contribution in [2.45, 2.75) is 46.0 Å². The van der Waals surface area contributed by atoms with Gasteiger partial charge in [0.2, 0.25) is 0 Å². The van der Waals surface area contributed by atoms with Gasteiger partial charge >= 0.3 is 0 Å². The van der Waals surface area contributed by atoms with Crippen LogP contribution < -0.4 is 10.2 Å². The molecule has 152 valence electrons. The zero-order valence-electron chi connectivity index (χ0n) is 17.4. The number of anilines is 1. The smallest absolute Gasteiger partial charge is 0.117 e. The Kier molecular flexibility index (Phi) is 5.99. The molecule has 29 heavy (non-hydrogen) atoms. The lowest BCUT2D eigenvalue weighted by Crippen LogP contribution is -2.48. The van der Waals surface area contributed by atoms with E-state index in [1.807, 2.05) is 12.1 Å². The third-order valence-corrected chi connectivity index (χ3v) is 6.54. The van der Waals surface area contributed by atoms with Gasteiger partial charge in [0.15, 0.2) is 0 Å². The molecule has 2 aliphatic heterocycles. The number of fused-ring (bicyclic) bond motifs is 1. The Morgan fingerprint density at radius 3 is 2.69 bits per heavy atom. The first-order valence-electron chi connectivity index (χ1n) is 10.8. The highest BCUT2D eigenvalue weighted by Crippen LogP contribution is 2.47. The number of hydrogen-bond donors (Lipinski definition) is 1. The average molecular weight is 409 g/mol. The molecule has 5 heteroatoms. The average Bonchev–Trinajstić information content (AvgIpc) is 3.23. The molecule has 0 unspecified atom stereocenters. The molecule has 0 bridgehead atoms. The Labute approximate surface area is 179 Å². The van der Waals surface area contributed by atoms with Crippen LogP contribution in [0.4, 0.5) is 5.69 Å². The predicted octanol–water partition coefficient (Wildman–Crippen LogP) is 5.27. The number of allylic oxidation sites excluding steroid dienone is 4. The van der Waals surface area contributed by atoms with E-state index in [-0.39, 0.29) is 0 Å². The van der Waals surface area contributed by atoms with Crippen molar-refractivity contribution in [1.82, 2.24) is 10.2 Å². The van der Waals surface area contributed by atoms with Crippen LogP contribution in [-0.2, 0) is 0 Å². The number of rotatable bonds is 4. The normalized spacial score (nSPS) is 21.1. The topological polar surface area (TPSA) is 42.3 Å². The lowest BCUT2D eigenvalue weighted by Gasteiger charge is -2.43. The van der Waals surface area contributed by atoms with Crippen molar-refractivity contribution in [2.24, 2.45) is 0 Å². The molecule has 4 nitrogen and oxygen atoms in total. The quantitative estimate of drug-likeness (QED) is 0.736. The molecule has 0 radical (unpaired) electrons. The largest absolute Gasteiger partial charge is 0.355 e. The van der Waals surface area contributed by atoms with Crippen molar-refractivity contribution < 1.29 is 0 Å². The Morgan fingerprint density at radius 1 is 1.21 bits per heavy atom. The summed E-state index contributed by atoms with van der Waals surface area (Å²) in [7, 11) is 0. The van der Waals surface area contributed by atoms with Crippen molar-refractivity contribution in [3.63, 3.8) is 0 Å². The van der Waals surface area contributed by atoms with Gasteiger partial charge in [0.25, 0.3) is 0 Å². The van der Waals surface area contributed by atoms with Gasteiger partial charge in [0, 0.05) is 31.2 Å². The molecule has 1 N–H and O–H groups in total. The molecule has 1 aromatic rings. The standard InChI is InChI=1S/C24H29ClN4/c1-3-4-10-23-20(16-26)18-7-5-8-19(18)24(28-14-12-27-13-15-28)29(23)22-11-6-9-21(25)17(22)2/h6,9-11,27H,3-5,7-8,12-15H2,1-2H3/b23-10+. The van der Waals surface area contributed by atoms with Crippen LogP contribution in [0.5, 0.6) is 0 Å². The van der Waals surface area contributed by atoms with Gasteiger partial charge in [-0.25, -0.2) is 0 Å². The van der Waals surface area contributed by atoms with Crippen molar-refractivity contribution in [3.8, 4) is 6.07 Å². The van der Waals surface area contributed by atoms with Crippen LogP contribution in [0.25, 0.3) is 0 Å². The van der Waals surface area contributed by atoms with Crippen LogP contribution in [-0.4, -0.2) is 31.1 Å². The Morgan fingerprint density at radius 2 is 1.97 bits per heavy atom. The van der Waals surface area contributed by atoms with Crippen LogP contribution in [0.15, 0.2) is 52.5 Å². The first-order chi connectivity index (χ1) is 14.2. The monoisotopic (exact) mass is 408 g/mol. The highest BCUT2D eigenvalue weighted by atomic mass is 35.5. The molecule has 1 aliphatic carbocycles. The molecule has 0 amide bonds. The molecular weight excluding hydrogens is 380 g/mol. The van der Waals surface area contributed by atoms with Gasteiger partial charge in [-0.3, -0.25) is 4.90 Å². The maximum atomic E-state index is 10.1. The van der Waals surface area contributed by atoms with Gasteiger partial charge < -0.3 is 10.2 Å². The Bertz CT molecular complexity index is 929. The summed E-state index contributed by atoms with van der Waals surface area (Å²) in [5, 5.41) is 14.4. The number of nitriles is 1. The molecule has 2 heterocycles. The third-order valence-electron chi connectivity index (χ3n) is 6.13. The summed E-state index contributed by atoms with van der Waals surface area (Å²) in [5.41, 5.74) is 6.65. The summed E-state index contributed by atoms with van der Waals surface area (Å²) in [6, 6.07) is 8.66. The van der Waals surface area contributed by atoms with Crippen molar-refractivity contribution in [3.05, 3.63) is 63.1 Å². The van der Waals surface area contributed by atoms with E-state index in [4.69, 9.17) is 11.6 Å². The van der Waals surface area contributed by atoms with Crippen molar-refractivity contribution in [2.75, 3.05) is 31.1 Å². The van der Waals surface area contributed by atoms with E-state index in [0.717, 1.165) is 85.8 Å². The minimum Gasteiger partial charge on any atom is -0.355 e. The molecular formula is C24H29ClN4. The van der Waals surface area contributed by atoms with E-state index < -0.39 is 0 Å². The minimum absolute atomic E-state index is 0.765. The summed E-state index contributed by atoms with van der Waals surface area (Å²) in [4.78, 5) is 4.84. The number of nitrogens with one attached hydrogen (secondary N) is 1.